The van der Waals surface area contributed by atoms with Crippen LogP contribution in [0, 0.1) is 6.92 Å². The molecule has 2 heterocycles. The molecule has 3 rings (SSSR count). The maximum Gasteiger partial charge on any atom is 0.234 e. The third kappa shape index (κ3) is 6.43. The van der Waals surface area contributed by atoms with Crippen LogP contribution in [0.15, 0.2) is 17.6 Å². The first-order chi connectivity index (χ1) is 13.1. The van der Waals surface area contributed by atoms with Crippen molar-refractivity contribution in [2.24, 2.45) is 12.0 Å². The molecule has 1 aliphatic heterocycles. The molecule has 10 heteroatoms. The molecule has 1 amide bonds. The number of carbonyl (C=O) groups is 1. The van der Waals surface area contributed by atoms with Gasteiger partial charge in [-0.05, 0) is 19.8 Å². The zero-order valence-corrected chi connectivity index (χ0v) is 19.1. The second-order valence-corrected chi connectivity index (χ2v) is 7.14. The molecule has 1 aromatic rings. The fourth-order valence-corrected chi connectivity index (χ4v) is 2.99. The minimum absolute atomic E-state index is 0. The molecule has 0 bridgehead atoms. The topological polar surface area (TPSA) is 90.7 Å². The van der Waals surface area contributed by atoms with Crippen molar-refractivity contribution in [2.45, 2.75) is 32.4 Å². The number of guanidine groups is 1. The molecule has 9 nitrogen and oxygen atoms in total. The van der Waals surface area contributed by atoms with E-state index in [4.69, 9.17) is 4.99 Å². The molecule has 0 radical (unpaired) electrons. The first kappa shape index (κ1) is 22.6. The van der Waals surface area contributed by atoms with Gasteiger partial charge in [-0.25, -0.2) is 4.99 Å². The summed E-state index contributed by atoms with van der Waals surface area (Å²) in [5, 5.41) is 14.6. The quantitative estimate of drug-likeness (QED) is 0.241. The number of aliphatic imine (C=N–C) groups is 1. The minimum atomic E-state index is 0. The molecule has 0 aromatic carbocycles. The Kier molecular flexibility index (Phi) is 8.67. The van der Waals surface area contributed by atoms with Crippen LogP contribution in [-0.4, -0.2) is 81.7 Å². The average molecular weight is 502 g/mol. The fourth-order valence-electron chi connectivity index (χ4n) is 2.99. The monoisotopic (exact) mass is 502 g/mol. The molecule has 1 saturated carbocycles. The third-order valence-corrected chi connectivity index (χ3v) is 4.94. The van der Waals surface area contributed by atoms with Crippen molar-refractivity contribution in [3.63, 3.8) is 0 Å². The number of rotatable bonds is 7. The first-order valence-corrected chi connectivity index (χ1v) is 9.57. The molecule has 0 spiro atoms. The highest BCUT2D eigenvalue weighted by Crippen LogP contribution is 2.18. The Hall–Kier alpha value is -1.69. The number of piperazine rings is 1. The van der Waals surface area contributed by atoms with Crippen LogP contribution in [0.1, 0.15) is 24.5 Å². The molecule has 1 aliphatic carbocycles. The van der Waals surface area contributed by atoms with Gasteiger partial charge in [0.05, 0.1) is 6.54 Å². The summed E-state index contributed by atoms with van der Waals surface area (Å²) >= 11 is 0. The predicted octanol–water partition coefficient (Wildman–Crippen LogP) is 0.269. The smallest absolute Gasteiger partial charge is 0.234 e. The van der Waals surface area contributed by atoms with Crippen LogP contribution in [0.4, 0.5) is 0 Å². The van der Waals surface area contributed by atoms with Crippen molar-refractivity contribution in [3.05, 3.63) is 24.3 Å². The average Bonchev–Trinajstić information content (AvgIpc) is 3.42. The number of aromatic nitrogens is 3. The highest BCUT2D eigenvalue weighted by molar-refractivity contribution is 14.0. The second-order valence-electron chi connectivity index (χ2n) is 7.14. The lowest BCUT2D eigenvalue weighted by atomic mass is 10.3. The van der Waals surface area contributed by atoms with E-state index in [0.717, 1.165) is 56.6 Å². The molecule has 0 atom stereocenters. The van der Waals surface area contributed by atoms with Crippen molar-refractivity contribution in [1.29, 1.82) is 0 Å². The van der Waals surface area contributed by atoms with Crippen LogP contribution >= 0.6 is 24.0 Å². The molecule has 28 heavy (non-hydrogen) atoms. The Labute approximate surface area is 183 Å². The molecule has 0 unspecified atom stereocenters. The summed E-state index contributed by atoms with van der Waals surface area (Å²) < 4.78 is 1.95. The summed E-state index contributed by atoms with van der Waals surface area (Å²) in [5.41, 5.74) is 0. The standard InChI is InChI=1S/C18H30N8O.HI/c1-4-7-19-18(20-12-16-23-22-14(2)24(16)3)26-10-8-25(9-11-26)13-17(27)21-15-5-6-15;/h4,15H,1,5-13H2,2-3H3,(H,19,20)(H,21,27);1H. The van der Waals surface area contributed by atoms with Crippen LogP contribution in [0.3, 0.4) is 0 Å². The number of amides is 1. The Bertz CT molecular complexity index is 692. The van der Waals surface area contributed by atoms with E-state index in [1.54, 1.807) is 0 Å². The van der Waals surface area contributed by atoms with E-state index in [0.29, 0.717) is 25.7 Å². The third-order valence-electron chi connectivity index (χ3n) is 4.94. The highest BCUT2D eigenvalue weighted by atomic mass is 127. The molecular weight excluding hydrogens is 471 g/mol. The largest absolute Gasteiger partial charge is 0.353 e. The summed E-state index contributed by atoms with van der Waals surface area (Å²) in [4.78, 5) is 21.1. The number of halogens is 1. The summed E-state index contributed by atoms with van der Waals surface area (Å²) in [6.45, 7) is 10.7. The summed E-state index contributed by atoms with van der Waals surface area (Å²) in [5.74, 6) is 2.69. The van der Waals surface area contributed by atoms with Gasteiger partial charge in [-0.1, -0.05) is 6.08 Å². The summed E-state index contributed by atoms with van der Waals surface area (Å²) in [6, 6.07) is 0.421. The van der Waals surface area contributed by atoms with E-state index >= 15 is 0 Å². The van der Waals surface area contributed by atoms with E-state index in [-0.39, 0.29) is 29.9 Å². The molecule has 1 saturated heterocycles. The molecule has 2 N–H and O–H groups in total. The number of nitrogens with one attached hydrogen (secondary N) is 2. The van der Waals surface area contributed by atoms with Crippen LogP contribution < -0.4 is 10.6 Å². The Morgan fingerprint density at radius 2 is 2.00 bits per heavy atom. The number of hydrogen-bond acceptors (Lipinski definition) is 5. The van der Waals surface area contributed by atoms with Crippen LogP contribution in [0.25, 0.3) is 0 Å². The number of hydrogen-bond donors (Lipinski definition) is 2. The Morgan fingerprint density at radius 1 is 1.29 bits per heavy atom. The van der Waals surface area contributed by atoms with Crippen molar-refractivity contribution in [3.8, 4) is 0 Å². The minimum Gasteiger partial charge on any atom is -0.353 e. The summed E-state index contributed by atoms with van der Waals surface area (Å²) in [6.07, 6.45) is 4.07. The first-order valence-electron chi connectivity index (χ1n) is 9.57. The predicted molar refractivity (Wildman–Crippen MR) is 120 cm³/mol. The van der Waals surface area contributed by atoms with Crippen molar-refractivity contribution >= 4 is 35.8 Å². The van der Waals surface area contributed by atoms with Crippen molar-refractivity contribution in [2.75, 3.05) is 39.3 Å². The van der Waals surface area contributed by atoms with Gasteiger partial charge in [0.15, 0.2) is 11.8 Å². The van der Waals surface area contributed by atoms with Gasteiger partial charge in [0.2, 0.25) is 5.91 Å². The lowest BCUT2D eigenvalue weighted by molar-refractivity contribution is -0.122. The zero-order chi connectivity index (χ0) is 19.2. The second kappa shape index (κ2) is 10.7. The molecule has 2 aliphatic rings. The van der Waals surface area contributed by atoms with Gasteiger partial charge >= 0.3 is 0 Å². The maximum atomic E-state index is 12.0. The van der Waals surface area contributed by atoms with Crippen LogP contribution in [0.2, 0.25) is 0 Å². The van der Waals surface area contributed by atoms with Crippen molar-refractivity contribution < 1.29 is 4.79 Å². The lowest BCUT2D eigenvalue weighted by Gasteiger charge is -2.36. The highest BCUT2D eigenvalue weighted by Gasteiger charge is 2.26. The maximum absolute atomic E-state index is 12.0. The Morgan fingerprint density at radius 3 is 2.57 bits per heavy atom. The van der Waals surface area contributed by atoms with E-state index in [2.05, 4.69) is 37.2 Å². The van der Waals surface area contributed by atoms with E-state index in [1.165, 1.54) is 0 Å². The van der Waals surface area contributed by atoms with Crippen LogP contribution in [-0.2, 0) is 18.4 Å². The number of carbonyl (C=O) groups excluding carboxylic acids is 1. The van der Waals surface area contributed by atoms with Gasteiger partial charge in [0.1, 0.15) is 12.4 Å². The number of nitrogens with zero attached hydrogens (tertiary/aromatic N) is 6. The van der Waals surface area contributed by atoms with Crippen LogP contribution in [0.5, 0.6) is 0 Å². The zero-order valence-electron chi connectivity index (χ0n) is 16.7. The number of aryl methyl sites for hydroxylation is 1. The van der Waals surface area contributed by atoms with Gasteiger partial charge in [-0.3, -0.25) is 9.69 Å². The van der Waals surface area contributed by atoms with Gasteiger partial charge < -0.3 is 20.1 Å². The van der Waals surface area contributed by atoms with Gasteiger partial charge in [0, 0.05) is 45.8 Å². The lowest BCUT2D eigenvalue weighted by Crippen LogP contribution is -2.54. The van der Waals surface area contributed by atoms with Gasteiger partial charge in [-0.2, -0.15) is 0 Å². The molecule has 156 valence electrons. The van der Waals surface area contributed by atoms with Crippen molar-refractivity contribution in [1.82, 2.24) is 35.2 Å². The Balaban J connectivity index is 0.00000280. The molecule has 2 fully saturated rings. The van der Waals surface area contributed by atoms with E-state index in [9.17, 15) is 4.79 Å². The van der Waals surface area contributed by atoms with Gasteiger partial charge in [-0.15, -0.1) is 40.8 Å². The molecule has 1 aromatic heterocycles. The van der Waals surface area contributed by atoms with E-state index < -0.39 is 0 Å². The fraction of sp³-hybridized carbons (Fsp3) is 0.667. The van der Waals surface area contributed by atoms with Gasteiger partial charge in [0.25, 0.3) is 0 Å². The summed E-state index contributed by atoms with van der Waals surface area (Å²) in [7, 11) is 1.95. The normalized spacial score (nSPS) is 17.8. The van der Waals surface area contributed by atoms with E-state index in [1.807, 2.05) is 24.6 Å². The molecular formula is C18H31IN8O. The SMILES string of the molecule is C=CCNC(=NCc1nnc(C)n1C)N1CCN(CC(=O)NC2CC2)CC1.I.